The predicted octanol–water partition coefficient (Wildman–Crippen LogP) is 1.48. The number of nitrogens with one attached hydrogen (secondary N) is 3. The standard InChI is InChI=1S/C12H17N3O/c1-9-3-2-4-10(7-9)14-12(16)15-11-5-6-13-8-11/h2-4,7,11,13H,5-6,8H2,1H3,(H2,14,15,16). The molecule has 1 aliphatic rings. The molecule has 1 saturated heterocycles. The van der Waals surface area contributed by atoms with Gasteiger partial charge in [-0.25, -0.2) is 4.79 Å². The average Bonchev–Trinajstić information content (AvgIpc) is 2.70. The number of anilines is 1. The van der Waals surface area contributed by atoms with Crippen LogP contribution in [0.1, 0.15) is 12.0 Å². The number of hydrogen-bond donors (Lipinski definition) is 3. The molecule has 16 heavy (non-hydrogen) atoms. The number of carbonyl (C=O) groups is 1. The molecule has 3 N–H and O–H groups in total. The summed E-state index contributed by atoms with van der Waals surface area (Å²) in [5, 5.41) is 8.97. The van der Waals surface area contributed by atoms with E-state index in [-0.39, 0.29) is 12.1 Å². The Labute approximate surface area is 95.4 Å². The second-order valence-electron chi connectivity index (χ2n) is 4.16. The highest BCUT2D eigenvalue weighted by Gasteiger charge is 2.16. The van der Waals surface area contributed by atoms with Gasteiger partial charge in [0, 0.05) is 18.3 Å². The fourth-order valence-corrected chi connectivity index (χ4v) is 1.85. The topological polar surface area (TPSA) is 53.2 Å². The number of aryl methyl sites for hydroxylation is 1. The van der Waals surface area contributed by atoms with E-state index in [1.54, 1.807) is 0 Å². The predicted molar refractivity (Wildman–Crippen MR) is 64.6 cm³/mol. The molecule has 0 radical (unpaired) electrons. The first-order valence-corrected chi connectivity index (χ1v) is 5.59. The molecule has 1 aromatic rings. The molecule has 4 heteroatoms. The monoisotopic (exact) mass is 219 g/mol. The third-order valence-corrected chi connectivity index (χ3v) is 2.67. The van der Waals surface area contributed by atoms with Gasteiger partial charge in [0.05, 0.1) is 0 Å². The summed E-state index contributed by atoms with van der Waals surface area (Å²) in [5.41, 5.74) is 1.98. The molecular weight excluding hydrogens is 202 g/mol. The number of hydrogen-bond acceptors (Lipinski definition) is 2. The fourth-order valence-electron chi connectivity index (χ4n) is 1.85. The molecule has 0 bridgehead atoms. The van der Waals surface area contributed by atoms with Crippen LogP contribution >= 0.6 is 0 Å². The lowest BCUT2D eigenvalue weighted by Gasteiger charge is -2.12. The normalized spacial score (nSPS) is 19.4. The van der Waals surface area contributed by atoms with Gasteiger partial charge >= 0.3 is 6.03 Å². The largest absolute Gasteiger partial charge is 0.334 e. The molecule has 1 aliphatic heterocycles. The van der Waals surface area contributed by atoms with E-state index >= 15 is 0 Å². The number of urea groups is 1. The molecule has 0 spiro atoms. The second-order valence-corrected chi connectivity index (χ2v) is 4.16. The van der Waals surface area contributed by atoms with Crippen LogP contribution in [0.3, 0.4) is 0 Å². The number of rotatable bonds is 2. The molecule has 2 amide bonds. The second kappa shape index (κ2) is 4.99. The molecule has 1 fully saturated rings. The van der Waals surface area contributed by atoms with E-state index in [1.165, 1.54) is 0 Å². The van der Waals surface area contributed by atoms with Gasteiger partial charge in [-0.1, -0.05) is 12.1 Å². The lowest BCUT2D eigenvalue weighted by atomic mass is 10.2. The lowest BCUT2D eigenvalue weighted by molar-refractivity contribution is 0.249. The van der Waals surface area contributed by atoms with Gasteiger partial charge in [0.25, 0.3) is 0 Å². The van der Waals surface area contributed by atoms with Crippen LogP contribution in [0.25, 0.3) is 0 Å². The fraction of sp³-hybridized carbons (Fsp3) is 0.417. The Morgan fingerprint density at radius 3 is 3.06 bits per heavy atom. The third-order valence-electron chi connectivity index (χ3n) is 2.67. The van der Waals surface area contributed by atoms with Gasteiger partial charge < -0.3 is 16.0 Å². The minimum atomic E-state index is -0.126. The summed E-state index contributed by atoms with van der Waals surface area (Å²) >= 11 is 0. The zero-order chi connectivity index (χ0) is 11.4. The molecule has 2 rings (SSSR count). The minimum Gasteiger partial charge on any atom is -0.334 e. The van der Waals surface area contributed by atoms with Gasteiger partial charge in [-0.15, -0.1) is 0 Å². The highest BCUT2D eigenvalue weighted by Crippen LogP contribution is 2.09. The van der Waals surface area contributed by atoms with Crippen molar-refractivity contribution in [3.63, 3.8) is 0 Å². The van der Waals surface area contributed by atoms with Gasteiger partial charge in [0.2, 0.25) is 0 Å². The van der Waals surface area contributed by atoms with Gasteiger partial charge in [-0.05, 0) is 37.6 Å². The summed E-state index contributed by atoms with van der Waals surface area (Å²) in [7, 11) is 0. The summed E-state index contributed by atoms with van der Waals surface area (Å²) < 4.78 is 0. The molecular formula is C12H17N3O. The van der Waals surface area contributed by atoms with Crippen LogP contribution in [0.5, 0.6) is 0 Å². The summed E-state index contributed by atoms with van der Waals surface area (Å²) in [6.45, 7) is 3.85. The maximum atomic E-state index is 11.6. The van der Waals surface area contributed by atoms with Crippen LogP contribution in [-0.4, -0.2) is 25.2 Å². The van der Waals surface area contributed by atoms with E-state index < -0.39 is 0 Å². The highest BCUT2D eigenvalue weighted by molar-refractivity contribution is 5.89. The van der Waals surface area contributed by atoms with Crippen LogP contribution in [0.15, 0.2) is 24.3 Å². The third kappa shape index (κ3) is 2.97. The van der Waals surface area contributed by atoms with Crippen molar-refractivity contribution in [1.29, 1.82) is 0 Å². The first-order valence-electron chi connectivity index (χ1n) is 5.59. The maximum absolute atomic E-state index is 11.6. The van der Waals surface area contributed by atoms with Crippen molar-refractivity contribution in [1.82, 2.24) is 10.6 Å². The number of carbonyl (C=O) groups excluding carboxylic acids is 1. The Morgan fingerprint density at radius 1 is 1.50 bits per heavy atom. The molecule has 0 aliphatic carbocycles. The van der Waals surface area contributed by atoms with E-state index in [2.05, 4.69) is 16.0 Å². The minimum absolute atomic E-state index is 0.126. The Hall–Kier alpha value is -1.55. The van der Waals surface area contributed by atoms with E-state index in [0.717, 1.165) is 30.8 Å². The van der Waals surface area contributed by atoms with Crippen LogP contribution in [0, 0.1) is 6.92 Å². The summed E-state index contributed by atoms with van der Waals surface area (Å²) in [5.74, 6) is 0. The first-order chi connectivity index (χ1) is 7.74. The molecule has 1 heterocycles. The van der Waals surface area contributed by atoms with Crippen LogP contribution in [0.2, 0.25) is 0 Å². The average molecular weight is 219 g/mol. The van der Waals surface area contributed by atoms with Gasteiger partial charge in [-0.2, -0.15) is 0 Å². The van der Waals surface area contributed by atoms with Crippen molar-refractivity contribution in [3.05, 3.63) is 29.8 Å². The van der Waals surface area contributed by atoms with Gasteiger partial charge in [-0.3, -0.25) is 0 Å². The van der Waals surface area contributed by atoms with Crippen molar-refractivity contribution in [2.45, 2.75) is 19.4 Å². The highest BCUT2D eigenvalue weighted by atomic mass is 16.2. The van der Waals surface area contributed by atoms with Gasteiger partial charge in [0.1, 0.15) is 0 Å². The van der Waals surface area contributed by atoms with Crippen molar-refractivity contribution >= 4 is 11.7 Å². The van der Waals surface area contributed by atoms with Crippen molar-refractivity contribution in [2.75, 3.05) is 18.4 Å². The van der Waals surface area contributed by atoms with E-state index in [4.69, 9.17) is 0 Å². The molecule has 4 nitrogen and oxygen atoms in total. The van der Waals surface area contributed by atoms with Crippen LogP contribution in [-0.2, 0) is 0 Å². The van der Waals surface area contributed by atoms with E-state index in [9.17, 15) is 4.79 Å². The van der Waals surface area contributed by atoms with Crippen LogP contribution in [0.4, 0.5) is 10.5 Å². The zero-order valence-corrected chi connectivity index (χ0v) is 9.42. The Morgan fingerprint density at radius 2 is 2.38 bits per heavy atom. The summed E-state index contributed by atoms with van der Waals surface area (Å²) in [6, 6.07) is 7.90. The smallest absolute Gasteiger partial charge is 0.319 e. The number of amides is 2. The summed E-state index contributed by atoms with van der Waals surface area (Å²) in [6.07, 6.45) is 1.00. The lowest BCUT2D eigenvalue weighted by Crippen LogP contribution is -2.39. The molecule has 1 unspecified atom stereocenters. The number of benzene rings is 1. The van der Waals surface area contributed by atoms with Gasteiger partial charge in [0.15, 0.2) is 0 Å². The maximum Gasteiger partial charge on any atom is 0.319 e. The van der Waals surface area contributed by atoms with Crippen molar-refractivity contribution < 1.29 is 4.79 Å². The quantitative estimate of drug-likeness (QED) is 0.705. The Balaban J connectivity index is 1.86. The van der Waals surface area contributed by atoms with E-state index in [1.807, 2.05) is 31.2 Å². The SMILES string of the molecule is Cc1cccc(NC(=O)NC2CCNC2)c1. The molecule has 86 valence electrons. The zero-order valence-electron chi connectivity index (χ0n) is 9.42. The molecule has 0 aromatic heterocycles. The Kier molecular flexibility index (Phi) is 3.41. The molecule has 1 atom stereocenters. The first kappa shape index (κ1) is 11.0. The van der Waals surface area contributed by atoms with E-state index in [0.29, 0.717) is 0 Å². The summed E-state index contributed by atoms with van der Waals surface area (Å²) in [4.78, 5) is 11.6. The van der Waals surface area contributed by atoms with Crippen LogP contribution < -0.4 is 16.0 Å². The molecule has 0 saturated carbocycles. The van der Waals surface area contributed by atoms with Crippen molar-refractivity contribution in [3.8, 4) is 0 Å². The molecule has 1 aromatic carbocycles. The Bertz CT molecular complexity index is 372. The van der Waals surface area contributed by atoms with Crippen molar-refractivity contribution in [2.24, 2.45) is 0 Å².